The van der Waals surface area contributed by atoms with Crippen LogP contribution in [-0.4, -0.2) is 27.7 Å². The average Bonchev–Trinajstić information content (AvgIpc) is 2.36. The highest BCUT2D eigenvalue weighted by molar-refractivity contribution is 6.36. The Morgan fingerprint density at radius 3 is 2.89 bits per heavy atom. The molecule has 1 aliphatic heterocycles. The molecule has 0 unspecified atom stereocenters. The number of hydrogen-bond acceptors (Lipinski definition) is 3. The molecule has 1 aliphatic rings. The van der Waals surface area contributed by atoms with Gasteiger partial charge >= 0.3 is 5.97 Å². The largest absolute Gasteiger partial charge is 0.477 e. The minimum absolute atomic E-state index is 0.0489. The van der Waals surface area contributed by atoms with Gasteiger partial charge in [0, 0.05) is 23.4 Å². The zero-order valence-corrected chi connectivity index (χ0v) is 10.5. The number of aliphatic carboxylic acids is 1. The molecule has 0 radical (unpaired) electrons. The van der Waals surface area contributed by atoms with Crippen LogP contribution in [0.4, 0.5) is 4.39 Å². The molecule has 0 fully saturated rings. The Morgan fingerprint density at radius 1 is 1.47 bits per heavy atom. The smallest absolute Gasteiger partial charge is 0.352 e. The summed E-state index contributed by atoms with van der Waals surface area (Å²) in [6.07, 6.45) is 0.135. The van der Waals surface area contributed by atoms with Crippen molar-refractivity contribution in [1.82, 2.24) is 5.01 Å². The zero-order valence-electron chi connectivity index (χ0n) is 9.77. The van der Waals surface area contributed by atoms with Crippen LogP contribution >= 0.6 is 11.6 Å². The molecule has 1 aromatic carbocycles. The Kier molecular flexibility index (Phi) is 3.80. The van der Waals surface area contributed by atoms with Crippen molar-refractivity contribution in [3.63, 3.8) is 0 Å². The molecule has 1 aromatic rings. The number of carboxylic acids is 1. The molecule has 1 amide bonds. The Labute approximate surface area is 113 Å². The lowest BCUT2D eigenvalue weighted by Crippen LogP contribution is -2.34. The standard InChI is InChI=1S/C12H10ClFN2O3/c13-8-1-2-9(14)7(5-8)6-16-11(17)4-3-10(15-16)12(18)19/h1-2,5H,3-4,6H2,(H,18,19). The first-order chi connectivity index (χ1) is 8.97. The predicted octanol–water partition coefficient (Wildman–Crippen LogP) is 2.04. The maximum atomic E-state index is 13.5. The molecule has 0 spiro atoms. The van der Waals surface area contributed by atoms with Crippen molar-refractivity contribution in [3.8, 4) is 0 Å². The first-order valence-corrected chi connectivity index (χ1v) is 5.90. The fraction of sp³-hybridized carbons (Fsp3) is 0.250. The molecule has 0 atom stereocenters. The van der Waals surface area contributed by atoms with Gasteiger partial charge in [-0.2, -0.15) is 5.10 Å². The molecule has 0 bridgehead atoms. The summed E-state index contributed by atoms with van der Waals surface area (Å²) < 4.78 is 13.5. The van der Waals surface area contributed by atoms with Crippen LogP contribution in [-0.2, 0) is 16.1 Å². The van der Waals surface area contributed by atoms with Crippen molar-refractivity contribution in [2.75, 3.05) is 0 Å². The van der Waals surface area contributed by atoms with Gasteiger partial charge in [-0.1, -0.05) is 11.6 Å². The molecular formula is C12H10ClFN2O3. The Morgan fingerprint density at radius 2 is 2.21 bits per heavy atom. The van der Waals surface area contributed by atoms with Crippen LogP contribution in [0.3, 0.4) is 0 Å². The van der Waals surface area contributed by atoms with Crippen molar-refractivity contribution in [2.24, 2.45) is 5.10 Å². The van der Waals surface area contributed by atoms with E-state index in [-0.39, 0.29) is 36.6 Å². The number of hydrogen-bond donors (Lipinski definition) is 1. The van der Waals surface area contributed by atoms with E-state index in [0.717, 1.165) is 5.01 Å². The van der Waals surface area contributed by atoms with Crippen molar-refractivity contribution < 1.29 is 19.1 Å². The zero-order chi connectivity index (χ0) is 14.0. The number of hydrazone groups is 1. The van der Waals surface area contributed by atoms with Crippen molar-refractivity contribution in [1.29, 1.82) is 0 Å². The van der Waals surface area contributed by atoms with E-state index < -0.39 is 11.8 Å². The fourth-order valence-electron chi connectivity index (χ4n) is 1.70. The lowest BCUT2D eigenvalue weighted by molar-refractivity contribution is -0.133. The monoisotopic (exact) mass is 284 g/mol. The molecule has 5 nitrogen and oxygen atoms in total. The number of nitrogens with zero attached hydrogens (tertiary/aromatic N) is 2. The van der Waals surface area contributed by atoms with Gasteiger partial charge in [0.05, 0.1) is 6.54 Å². The fourth-order valence-corrected chi connectivity index (χ4v) is 1.90. The second-order valence-corrected chi connectivity index (χ2v) is 4.48. The lowest BCUT2D eigenvalue weighted by Gasteiger charge is -2.22. The summed E-state index contributed by atoms with van der Waals surface area (Å²) >= 11 is 5.75. The van der Waals surface area contributed by atoms with Crippen LogP contribution in [0.2, 0.25) is 5.02 Å². The second-order valence-electron chi connectivity index (χ2n) is 4.04. The molecule has 2 rings (SSSR count). The Balaban J connectivity index is 2.25. The summed E-state index contributed by atoms with van der Waals surface area (Å²) in [5.41, 5.74) is 0.0817. The van der Waals surface area contributed by atoms with Crippen LogP contribution in [0.15, 0.2) is 23.3 Å². The number of rotatable bonds is 3. The molecular weight excluding hydrogens is 275 g/mol. The number of halogens is 2. The molecule has 7 heteroatoms. The average molecular weight is 285 g/mol. The summed E-state index contributed by atoms with van der Waals surface area (Å²) in [5.74, 6) is -2.04. The third-order valence-corrected chi connectivity index (χ3v) is 2.91. The number of carboxylic acid groups (broad SMARTS) is 1. The molecule has 0 saturated heterocycles. The van der Waals surface area contributed by atoms with Crippen molar-refractivity contribution in [2.45, 2.75) is 19.4 Å². The summed E-state index contributed by atoms with van der Waals surface area (Å²) in [6.45, 7) is -0.137. The van der Waals surface area contributed by atoms with Gasteiger partial charge in [-0.05, 0) is 18.2 Å². The van der Waals surface area contributed by atoms with Crippen LogP contribution in [0.1, 0.15) is 18.4 Å². The van der Waals surface area contributed by atoms with E-state index in [1.165, 1.54) is 18.2 Å². The van der Waals surface area contributed by atoms with E-state index in [1.807, 2.05) is 0 Å². The molecule has 1 heterocycles. The number of carbonyl (C=O) groups is 2. The van der Waals surface area contributed by atoms with E-state index in [9.17, 15) is 14.0 Å². The summed E-state index contributed by atoms with van der Waals surface area (Å²) in [5, 5.41) is 13.9. The number of amides is 1. The quantitative estimate of drug-likeness (QED) is 0.923. The van der Waals surface area contributed by atoms with Gasteiger partial charge in [0.25, 0.3) is 0 Å². The highest BCUT2D eigenvalue weighted by Crippen LogP contribution is 2.19. The van der Waals surface area contributed by atoms with Crippen LogP contribution in [0.25, 0.3) is 0 Å². The molecule has 19 heavy (non-hydrogen) atoms. The first kappa shape index (κ1) is 13.5. The molecule has 100 valence electrons. The predicted molar refractivity (Wildman–Crippen MR) is 66.3 cm³/mol. The highest BCUT2D eigenvalue weighted by atomic mass is 35.5. The maximum Gasteiger partial charge on any atom is 0.352 e. The van der Waals surface area contributed by atoms with Crippen molar-refractivity contribution in [3.05, 3.63) is 34.6 Å². The molecule has 1 N–H and O–H groups in total. The number of benzene rings is 1. The van der Waals surface area contributed by atoms with E-state index in [1.54, 1.807) is 0 Å². The van der Waals surface area contributed by atoms with E-state index in [2.05, 4.69) is 5.10 Å². The molecule has 0 saturated carbocycles. The second kappa shape index (κ2) is 5.36. The van der Waals surface area contributed by atoms with Gasteiger partial charge in [0.1, 0.15) is 11.5 Å². The van der Waals surface area contributed by atoms with Crippen LogP contribution in [0.5, 0.6) is 0 Å². The minimum Gasteiger partial charge on any atom is -0.477 e. The van der Waals surface area contributed by atoms with Gasteiger partial charge in [0.2, 0.25) is 5.91 Å². The lowest BCUT2D eigenvalue weighted by atomic mass is 10.1. The van der Waals surface area contributed by atoms with Crippen LogP contribution in [0, 0.1) is 5.82 Å². The third-order valence-electron chi connectivity index (χ3n) is 2.68. The summed E-state index contributed by atoms with van der Waals surface area (Å²) in [4.78, 5) is 22.4. The first-order valence-electron chi connectivity index (χ1n) is 5.52. The number of carbonyl (C=O) groups excluding carboxylic acids is 1. The topological polar surface area (TPSA) is 70.0 Å². The molecule has 0 aliphatic carbocycles. The van der Waals surface area contributed by atoms with Gasteiger partial charge in [0.15, 0.2) is 0 Å². The van der Waals surface area contributed by atoms with E-state index in [4.69, 9.17) is 16.7 Å². The SMILES string of the molecule is O=C(O)C1=NN(Cc2cc(Cl)ccc2F)C(=O)CC1. The summed E-state index contributed by atoms with van der Waals surface area (Å²) in [6, 6.07) is 3.97. The van der Waals surface area contributed by atoms with Gasteiger partial charge in [-0.25, -0.2) is 14.2 Å². The molecule has 0 aromatic heterocycles. The van der Waals surface area contributed by atoms with Crippen LogP contribution < -0.4 is 0 Å². The van der Waals surface area contributed by atoms with Crippen molar-refractivity contribution >= 4 is 29.2 Å². The van der Waals surface area contributed by atoms with Gasteiger partial charge in [-0.15, -0.1) is 0 Å². The minimum atomic E-state index is -1.18. The van der Waals surface area contributed by atoms with E-state index >= 15 is 0 Å². The Bertz CT molecular complexity index is 574. The Hall–Kier alpha value is -1.95. The van der Waals surface area contributed by atoms with Gasteiger partial charge < -0.3 is 5.11 Å². The van der Waals surface area contributed by atoms with E-state index in [0.29, 0.717) is 5.02 Å². The maximum absolute atomic E-state index is 13.5. The highest BCUT2D eigenvalue weighted by Gasteiger charge is 2.24. The third kappa shape index (κ3) is 3.08. The normalized spacial score (nSPS) is 15.4. The van der Waals surface area contributed by atoms with Gasteiger partial charge in [-0.3, -0.25) is 4.79 Å². The summed E-state index contributed by atoms with van der Waals surface area (Å²) in [7, 11) is 0.